The first kappa shape index (κ1) is 27.7. The molecule has 40 heavy (non-hydrogen) atoms. The fourth-order valence-electron chi connectivity index (χ4n) is 6.28. The van der Waals surface area contributed by atoms with E-state index < -0.39 is 21.6 Å². The Morgan fingerprint density at radius 1 is 0.750 bits per heavy atom. The van der Waals surface area contributed by atoms with Gasteiger partial charge >= 0.3 is 5.97 Å². The zero-order valence-electron chi connectivity index (χ0n) is 22.8. The number of methoxy groups -OCH3 is 1. The van der Waals surface area contributed by atoms with Crippen LogP contribution >= 0.6 is 0 Å². The van der Waals surface area contributed by atoms with Gasteiger partial charge in [0.15, 0.2) is 5.78 Å². The first-order valence-corrected chi connectivity index (χ1v) is 15.1. The summed E-state index contributed by atoms with van der Waals surface area (Å²) in [5, 5.41) is 0. The maximum atomic E-state index is 15.2. The van der Waals surface area contributed by atoms with Crippen LogP contribution in [0.15, 0.2) is 120 Å². The maximum Gasteiger partial charge on any atom is 0.337 e. The molecule has 1 unspecified atom stereocenters. The molecular weight excluding hydrogens is 516 g/mol. The van der Waals surface area contributed by atoms with Crippen LogP contribution in [-0.2, 0) is 37.6 Å². The number of esters is 1. The van der Waals surface area contributed by atoms with Crippen LogP contribution in [0.2, 0.25) is 0 Å². The summed E-state index contributed by atoms with van der Waals surface area (Å²) in [5.41, 5.74) is 1.95. The molecule has 1 fully saturated rings. The summed E-state index contributed by atoms with van der Waals surface area (Å²) in [6.07, 6.45) is 3.34. The second kappa shape index (κ2) is 12.1. The molecule has 5 rings (SSSR count). The van der Waals surface area contributed by atoms with Gasteiger partial charge in [0.2, 0.25) is 0 Å². The third-order valence-electron chi connectivity index (χ3n) is 8.33. The molecule has 0 aliphatic heterocycles. The Labute approximate surface area is 238 Å². The Balaban J connectivity index is 1.57. The third kappa shape index (κ3) is 5.44. The summed E-state index contributed by atoms with van der Waals surface area (Å²) in [6.45, 7) is 0. The molecule has 1 saturated carbocycles. The molecule has 0 spiro atoms. The van der Waals surface area contributed by atoms with Gasteiger partial charge in [-0.15, -0.1) is 0 Å². The van der Waals surface area contributed by atoms with Crippen LogP contribution in [-0.4, -0.2) is 28.8 Å². The van der Waals surface area contributed by atoms with Crippen LogP contribution in [0.3, 0.4) is 0 Å². The van der Waals surface area contributed by atoms with Crippen molar-refractivity contribution >= 4 is 22.6 Å². The van der Waals surface area contributed by atoms with E-state index in [-0.39, 0.29) is 11.8 Å². The average molecular weight is 551 g/mol. The summed E-state index contributed by atoms with van der Waals surface area (Å²) >= 11 is 0. The van der Waals surface area contributed by atoms with E-state index in [9.17, 15) is 9.00 Å². The number of benzene rings is 4. The fraction of sp³-hybridized carbons (Fsp3) is 0.257. The topological polar surface area (TPSA) is 60.4 Å². The van der Waals surface area contributed by atoms with Crippen LogP contribution in [0.25, 0.3) is 0 Å². The van der Waals surface area contributed by atoms with Crippen LogP contribution in [0.5, 0.6) is 0 Å². The molecule has 3 atom stereocenters. The van der Waals surface area contributed by atoms with Gasteiger partial charge in [0, 0.05) is 10.6 Å². The van der Waals surface area contributed by atoms with Crippen LogP contribution in [0.4, 0.5) is 0 Å². The van der Waals surface area contributed by atoms with Gasteiger partial charge in [-0.05, 0) is 66.6 Å². The van der Waals surface area contributed by atoms with Gasteiger partial charge in [-0.3, -0.25) is 9.00 Å². The molecule has 0 bridgehead atoms. The minimum absolute atomic E-state index is 0.186. The standard InChI is InChI=1S/C35H34O4S/c1-39-32(36)28-20-18-27(19-21-28)26-35(30-14-7-3-8-15-30)23-11-22-34(33(35)37,29-12-5-2-6-13-29)24-25-40(38)31-16-9-4-10-17-31/h2-10,12-21H,11,22-26H2,1H3/t34-,35-,40?/m0/s1. The van der Waals surface area contributed by atoms with Gasteiger partial charge in [-0.1, -0.05) is 97.4 Å². The highest BCUT2D eigenvalue weighted by Crippen LogP contribution is 2.50. The lowest BCUT2D eigenvalue weighted by Crippen LogP contribution is -2.54. The van der Waals surface area contributed by atoms with E-state index in [1.165, 1.54) is 7.11 Å². The smallest absolute Gasteiger partial charge is 0.337 e. The van der Waals surface area contributed by atoms with Gasteiger partial charge in [0.05, 0.1) is 34.3 Å². The molecule has 4 nitrogen and oxygen atoms in total. The highest BCUT2D eigenvalue weighted by atomic mass is 32.2. The molecule has 4 aromatic carbocycles. The number of Topliss-reactive ketones (excluding diaryl/α,β-unsaturated/α-hetero) is 1. The van der Waals surface area contributed by atoms with Crippen molar-refractivity contribution in [1.82, 2.24) is 0 Å². The molecule has 4 aromatic rings. The van der Waals surface area contributed by atoms with E-state index in [2.05, 4.69) is 24.3 Å². The zero-order chi connectivity index (χ0) is 28.0. The van der Waals surface area contributed by atoms with Crippen molar-refractivity contribution in [2.75, 3.05) is 12.9 Å². The summed E-state index contributed by atoms with van der Waals surface area (Å²) in [7, 11) is 0.159. The average Bonchev–Trinajstić information content (AvgIpc) is 3.02. The largest absolute Gasteiger partial charge is 0.465 e. The maximum absolute atomic E-state index is 15.2. The predicted octanol–water partition coefficient (Wildman–Crippen LogP) is 6.84. The van der Waals surface area contributed by atoms with Gasteiger partial charge < -0.3 is 4.74 Å². The number of ketones is 1. The molecule has 1 aliphatic carbocycles. The monoisotopic (exact) mass is 550 g/mol. The highest BCUT2D eigenvalue weighted by Gasteiger charge is 2.54. The molecule has 0 N–H and O–H groups in total. The Kier molecular flexibility index (Phi) is 8.41. The van der Waals surface area contributed by atoms with E-state index in [0.717, 1.165) is 40.8 Å². The van der Waals surface area contributed by atoms with Crippen molar-refractivity contribution in [2.24, 2.45) is 0 Å². The summed E-state index contributed by atoms with van der Waals surface area (Å²) in [5.74, 6) is 0.210. The Morgan fingerprint density at radius 3 is 1.85 bits per heavy atom. The van der Waals surface area contributed by atoms with Gasteiger partial charge in [0.25, 0.3) is 0 Å². The Hall–Kier alpha value is -3.83. The fourth-order valence-corrected chi connectivity index (χ4v) is 7.51. The van der Waals surface area contributed by atoms with Crippen LogP contribution in [0.1, 0.15) is 52.7 Å². The van der Waals surface area contributed by atoms with Crippen molar-refractivity contribution in [2.45, 2.75) is 47.8 Å². The molecule has 1 aliphatic rings. The van der Waals surface area contributed by atoms with E-state index in [1.807, 2.05) is 78.9 Å². The van der Waals surface area contributed by atoms with Crippen molar-refractivity contribution in [3.63, 3.8) is 0 Å². The first-order chi connectivity index (χ1) is 19.5. The Bertz CT molecular complexity index is 1470. The lowest BCUT2D eigenvalue weighted by Gasteiger charge is -2.47. The predicted molar refractivity (Wildman–Crippen MR) is 159 cm³/mol. The number of carbonyl (C=O) groups excluding carboxylic acids is 2. The normalized spacial score (nSPS) is 21.5. The number of ether oxygens (including phenoxy) is 1. The van der Waals surface area contributed by atoms with Crippen molar-refractivity contribution < 1.29 is 18.5 Å². The van der Waals surface area contributed by atoms with Gasteiger partial charge in [0.1, 0.15) is 0 Å². The summed E-state index contributed by atoms with van der Waals surface area (Å²) in [6, 6.07) is 37.0. The molecule has 0 saturated heterocycles. The van der Waals surface area contributed by atoms with E-state index in [0.29, 0.717) is 24.2 Å². The third-order valence-corrected chi connectivity index (χ3v) is 9.70. The number of carbonyl (C=O) groups is 2. The SMILES string of the molecule is COC(=O)c1ccc(C[C@]2(c3ccccc3)CCC[C@](CCS(=O)c3ccccc3)(c3ccccc3)C2=O)cc1. The molecule has 0 radical (unpaired) electrons. The molecular formula is C35H34O4S. The van der Waals surface area contributed by atoms with Gasteiger partial charge in [-0.2, -0.15) is 0 Å². The lowest BCUT2D eigenvalue weighted by atomic mass is 9.54. The number of hydrogen-bond acceptors (Lipinski definition) is 4. The molecule has 204 valence electrons. The highest BCUT2D eigenvalue weighted by molar-refractivity contribution is 7.85. The van der Waals surface area contributed by atoms with Crippen LogP contribution in [0, 0.1) is 0 Å². The summed E-state index contributed by atoms with van der Waals surface area (Å²) in [4.78, 5) is 28.0. The lowest BCUT2D eigenvalue weighted by molar-refractivity contribution is -0.133. The first-order valence-electron chi connectivity index (χ1n) is 13.8. The summed E-state index contributed by atoms with van der Waals surface area (Å²) < 4.78 is 18.2. The molecule has 0 aromatic heterocycles. The Morgan fingerprint density at radius 2 is 1.27 bits per heavy atom. The van der Waals surface area contributed by atoms with E-state index >= 15 is 4.79 Å². The number of hydrogen-bond donors (Lipinski definition) is 0. The van der Waals surface area contributed by atoms with Crippen molar-refractivity contribution in [1.29, 1.82) is 0 Å². The molecule has 5 heteroatoms. The molecule has 0 heterocycles. The molecule has 0 amide bonds. The second-order valence-corrected chi connectivity index (χ2v) is 12.1. The van der Waals surface area contributed by atoms with Crippen molar-refractivity contribution in [3.8, 4) is 0 Å². The van der Waals surface area contributed by atoms with E-state index in [1.54, 1.807) is 12.1 Å². The number of rotatable bonds is 9. The van der Waals surface area contributed by atoms with Crippen molar-refractivity contribution in [3.05, 3.63) is 138 Å². The van der Waals surface area contributed by atoms with Crippen LogP contribution < -0.4 is 0 Å². The quantitative estimate of drug-likeness (QED) is 0.214. The van der Waals surface area contributed by atoms with E-state index in [4.69, 9.17) is 4.74 Å². The minimum Gasteiger partial charge on any atom is -0.465 e. The van der Waals surface area contributed by atoms with Gasteiger partial charge in [-0.25, -0.2) is 4.79 Å². The second-order valence-electron chi connectivity index (χ2n) is 10.6. The minimum atomic E-state index is -1.21. The zero-order valence-corrected chi connectivity index (χ0v) is 23.6.